The number of nitrogens with one attached hydrogen (secondary N) is 1. The number of carbonyl (C=O) groups excluding carboxylic acids is 2. The van der Waals surface area contributed by atoms with Crippen molar-refractivity contribution in [3.05, 3.63) is 52.3 Å². The summed E-state index contributed by atoms with van der Waals surface area (Å²) in [5, 5.41) is 7.47. The molecule has 0 aliphatic carbocycles. The standard InChI is InChI=1S/C21H22N2O5S2/c1-13(16-10-15(26-2)6-7-17(16)27-3)22-19(24)11-28-20(25)9-14-12-30-21(23-14)18-5-4-8-29-18/h4-8,10,12-13H,9,11H2,1-3H3,(H,22,24). The van der Waals surface area contributed by atoms with Gasteiger partial charge in [0.05, 0.1) is 37.3 Å². The molecule has 3 rings (SSSR count). The summed E-state index contributed by atoms with van der Waals surface area (Å²) < 4.78 is 15.7. The van der Waals surface area contributed by atoms with E-state index in [1.54, 1.807) is 43.8 Å². The number of nitrogens with zero attached hydrogens (tertiary/aromatic N) is 1. The molecule has 0 radical (unpaired) electrons. The highest BCUT2D eigenvalue weighted by Gasteiger charge is 2.17. The Morgan fingerprint density at radius 2 is 2.00 bits per heavy atom. The molecule has 0 spiro atoms. The lowest BCUT2D eigenvalue weighted by atomic mass is 10.1. The Morgan fingerprint density at radius 1 is 1.17 bits per heavy atom. The molecule has 0 saturated carbocycles. The molecule has 3 aromatic rings. The SMILES string of the molecule is COc1ccc(OC)c(C(C)NC(=O)COC(=O)Cc2csc(-c3cccs3)n2)c1. The summed E-state index contributed by atoms with van der Waals surface area (Å²) in [6, 6.07) is 8.93. The third kappa shape index (κ3) is 5.58. The monoisotopic (exact) mass is 446 g/mol. The van der Waals surface area contributed by atoms with Gasteiger partial charge in [0, 0.05) is 10.9 Å². The first-order valence-electron chi connectivity index (χ1n) is 9.15. The van der Waals surface area contributed by atoms with Crippen molar-refractivity contribution in [3.8, 4) is 21.4 Å². The first kappa shape index (κ1) is 21.8. The summed E-state index contributed by atoms with van der Waals surface area (Å²) in [6.45, 7) is 1.45. The van der Waals surface area contributed by atoms with Crippen LogP contribution in [0.25, 0.3) is 9.88 Å². The third-order valence-corrected chi connectivity index (χ3v) is 6.18. The summed E-state index contributed by atoms with van der Waals surface area (Å²) >= 11 is 3.07. The molecule has 1 atom stereocenters. The van der Waals surface area contributed by atoms with Crippen LogP contribution in [-0.4, -0.2) is 37.7 Å². The van der Waals surface area contributed by atoms with E-state index in [4.69, 9.17) is 14.2 Å². The molecule has 1 N–H and O–H groups in total. The van der Waals surface area contributed by atoms with E-state index in [9.17, 15) is 9.59 Å². The van der Waals surface area contributed by atoms with Gasteiger partial charge in [0.2, 0.25) is 0 Å². The zero-order chi connectivity index (χ0) is 21.5. The number of methoxy groups -OCH3 is 2. The van der Waals surface area contributed by atoms with Gasteiger partial charge < -0.3 is 19.5 Å². The molecule has 2 aromatic heterocycles. The van der Waals surface area contributed by atoms with Crippen molar-refractivity contribution in [1.82, 2.24) is 10.3 Å². The fourth-order valence-corrected chi connectivity index (χ4v) is 4.42. The fourth-order valence-electron chi connectivity index (χ4n) is 2.79. The van der Waals surface area contributed by atoms with Gasteiger partial charge in [0.25, 0.3) is 5.91 Å². The van der Waals surface area contributed by atoms with Gasteiger partial charge >= 0.3 is 5.97 Å². The maximum Gasteiger partial charge on any atom is 0.312 e. The quantitative estimate of drug-likeness (QED) is 0.503. The van der Waals surface area contributed by atoms with Gasteiger partial charge in [-0.15, -0.1) is 22.7 Å². The number of hydrogen-bond acceptors (Lipinski definition) is 8. The molecule has 0 fully saturated rings. The van der Waals surface area contributed by atoms with E-state index >= 15 is 0 Å². The van der Waals surface area contributed by atoms with Crippen LogP contribution in [0.2, 0.25) is 0 Å². The molecule has 30 heavy (non-hydrogen) atoms. The minimum absolute atomic E-state index is 0.0222. The number of thiophene rings is 1. The van der Waals surface area contributed by atoms with Crippen LogP contribution in [0.15, 0.2) is 41.1 Å². The molecule has 9 heteroatoms. The summed E-state index contributed by atoms with van der Waals surface area (Å²) in [4.78, 5) is 29.8. The normalized spacial score (nSPS) is 11.6. The number of benzene rings is 1. The van der Waals surface area contributed by atoms with Gasteiger partial charge in [-0.2, -0.15) is 0 Å². The second-order valence-corrected chi connectivity index (χ2v) is 8.16. The predicted molar refractivity (Wildman–Crippen MR) is 116 cm³/mol. The number of aromatic nitrogens is 1. The second-order valence-electron chi connectivity index (χ2n) is 6.36. The Balaban J connectivity index is 1.50. The van der Waals surface area contributed by atoms with E-state index < -0.39 is 11.9 Å². The molecule has 1 unspecified atom stereocenters. The van der Waals surface area contributed by atoms with E-state index in [1.165, 1.54) is 11.3 Å². The van der Waals surface area contributed by atoms with Crippen LogP contribution in [0.1, 0.15) is 24.2 Å². The maximum absolute atomic E-state index is 12.2. The van der Waals surface area contributed by atoms with Gasteiger partial charge in [-0.25, -0.2) is 4.98 Å². The van der Waals surface area contributed by atoms with E-state index in [0.29, 0.717) is 17.2 Å². The number of esters is 1. The Kier molecular flexibility index (Phi) is 7.42. The number of rotatable bonds is 9. The Morgan fingerprint density at radius 3 is 2.70 bits per heavy atom. The van der Waals surface area contributed by atoms with Crippen molar-refractivity contribution < 1.29 is 23.8 Å². The number of amides is 1. The highest BCUT2D eigenvalue weighted by atomic mass is 32.1. The fraction of sp³-hybridized carbons (Fsp3) is 0.286. The van der Waals surface area contributed by atoms with Crippen molar-refractivity contribution in [1.29, 1.82) is 0 Å². The lowest BCUT2D eigenvalue weighted by Crippen LogP contribution is -2.31. The van der Waals surface area contributed by atoms with Crippen LogP contribution in [0.3, 0.4) is 0 Å². The highest BCUT2D eigenvalue weighted by Crippen LogP contribution is 2.29. The van der Waals surface area contributed by atoms with E-state index in [0.717, 1.165) is 15.4 Å². The van der Waals surface area contributed by atoms with Gasteiger partial charge in [-0.05, 0) is 36.6 Å². The van der Waals surface area contributed by atoms with Crippen molar-refractivity contribution in [3.63, 3.8) is 0 Å². The summed E-state index contributed by atoms with van der Waals surface area (Å²) in [5.74, 6) is 0.382. The minimum atomic E-state index is -0.500. The van der Waals surface area contributed by atoms with Gasteiger partial charge in [0.15, 0.2) is 6.61 Å². The molecule has 0 aliphatic heterocycles. The van der Waals surface area contributed by atoms with Gasteiger partial charge in [-0.1, -0.05) is 6.07 Å². The van der Waals surface area contributed by atoms with Crippen LogP contribution in [0.4, 0.5) is 0 Å². The van der Waals surface area contributed by atoms with E-state index in [2.05, 4.69) is 10.3 Å². The molecule has 158 valence electrons. The Labute approximate surface area is 182 Å². The lowest BCUT2D eigenvalue weighted by Gasteiger charge is -2.18. The van der Waals surface area contributed by atoms with Crippen molar-refractivity contribution in [2.75, 3.05) is 20.8 Å². The third-order valence-electron chi connectivity index (χ3n) is 4.25. The smallest absolute Gasteiger partial charge is 0.312 e. The van der Waals surface area contributed by atoms with Crippen molar-refractivity contribution >= 4 is 34.6 Å². The molecule has 0 bridgehead atoms. The van der Waals surface area contributed by atoms with Crippen LogP contribution < -0.4 is 14.8 Å². The average molecular weight is 447 g/mol. The van der Waals surface area contributed by atoms with Crippen molar-refractivity contribution in [2.24, 2.45) is 0 Å². The molecule has 1 amide bonds. The summed E-state index contributed by atoms with van der Waals surface area (Å²) in [6.07, 6.45) is 0.0222. The van der Waals surface area contributed by atoms with E-state index in [1.807, 2.05) is 29.8 Å². The average Bonchev–Trinajstić information content (AvgIpc) is 3.43. The Hall–Kier alpha value is -2.91. The van der Waals surface area contributed by atoms with Gasteiger partial charge in [-0.3, -0.25) is 9.59 Å². The van der Waals surface area contributed by atoms with Crippen LogP contribution >= 0.6 is 22.7 Å². The van der Waals surface area contributed by atoms with Gasteiger partial charge in [0.1, 0.15) is 16.5 Å². The topological polar surface area (TPSA) is 86.8 Å². The summed E-state index contributed by atoms with van der Waals surface area (Å²) in [7, 11) is 3.13. The molecular weight excluding hydrogens is 424 g/mol. The summed E-state index contributed by atoms with van der Waals surface area (Å²) in [5.41, 5.74) is 1.39. The zero-order valence-electron chi connectivity index (χ0n) is 16.8. The minimum Gasteiger partial charge on any atom is -0.497 e. The first-order chi connectivity index (χ1) is 14.5. The number of carbonyl (C=O) groups is 2. The van der Waals surface area contributed by atoms with Crippen molar-refractivity contribution in [2.45, 2.75) is 19.4 Å². The number of thiazole rings is 1. The van der Waals surface area contributed by atoms with Crippen LogP contribution in [0, 0.1) is 0 Å². The largest absolute Gasteiger partial charge is 0.497 e. The number of ether oxygens (including phenoxy) is 3. The molecule has 0 aliphatic rings. The highest BCUT2D eigenvalue weighted by molar-refractivity contribution is 7.20. The maximum atomic E-state index is 12.2. The molecule has 7 nitrogen and oxygen atoms in total. The zero-order valence-corrected chi connectivity index (χ0v) is 18.5. The molecular formula is C21H22N2O5S2. The number of hydrogen-bond donors (Lipinski definition) is 1. The molecule has 2 heterocycles. The van der Waals surface area contributed by atoms with E-state index in [-0.39, 0.29) is 19.1 Å². The molecule has 1 aromatic carbocycles. The second kappa shape index (κ2) is 10.2. The first-order valence-corrected chi connectivity index (χ1v) is 10.9. The Bertz CT molecular complexity index is 1000. The molecule has 0 saturated heterocycles. The predicted octanol–water partition coefficient (Wildman–Crippen LogP) is 3.85. The van der Waals surface area contributed by atoms with Crippen LogP contribution in [0.5, 0.6) is 11.5 Å². The van der Waals surface area contributed by atoms with Crippen LogP contribution in [-0.2, 0) is 20.7 Å². The lowest BCUT2D eigenvalue weighted by molar-refractivity contribution is -0.148.